The summed E-state index contributed by atoms with van der Waals surface area (Å²) in [6, 6.07) is 0.672. The standard InChI is InChI=1S/C12H24N2O3S/c1-10(7-11-8-17-5-4-13-11)14-12(2)3-6-18(15,16)9-12/h10-11,13-14H,3-9H2,1-2H3. The lowest BCUT2D eigenvalue weighted by Gasteiger charge is -2.32. The van der Waals surface area contributed by atoms with E-state index in [0.717, 1.165) is 26.2 Å². The van der Waals surface area contributed by atoms with Gasteiger partial charge in [-0.3, -0.25) is 0 Å². The van der Waals surface area contributed by atoms with E-state index in [1.165, 1.54) is 0 Å². The molecule has 6 heteroatoms. The Hall–Kier alpha value is -0.170. The number of sulfone groups is 1. The molecule has 0 radical (unpaired) electrons. The van der Waals surface area contributed by atoms with Crippen LogP contribution in [0.15, 0.2) is 0 Å². The Balaban J connectivity index is 1.81. The third kappa shape index (κ3) is 3.91. The molecule has 0 aromatic carbocycles. The molecule has 2 aliphatic rings. The lowest BCUT2D eigenvalue weighted by Crippen LogP contribution is -2.51. The summed E-state index contributed by atoms with van der Waals surface area (Å²) in [5.41, 5.74) is -0.256. The van der Waals surface area contributed by atoms with Crippen molar-refractivity contribution in [3.05, 3.63) is 0 Å². The summed E-state index contributed by atoms with van der Waals surface area (Å²) in [4.78, 5) is 0. The van der Waals surface area contributed by atoms with E-state index in [4.69, 9.17) is 4.74 Å². The molecular weight excluding hydrogens is 252 g/mol. The summed E-state index contributed by atoms with van der Waals surface area (Å²) in [5, 5.41) is 6.90. The van der Waals surface area contributed by atoms with E-state index in [1.54, 1.807) is 0 Å². The lowest BCUT2D eigenvalue weighted by molar-refractivity contribution is 0.0700. The molecule has 0 spiro atoms. The number of ether oxygens (including phenoxy) is 1. The first-order chi connectivity index (χ1) is 8.39. The highest BCUT2D eigenvalue weighted by Gasteiger charge is 2.39. The second-order valence-corrected chi connectivity index (χ2v) is 8.09. The van der Waals surface area contributed by atoms with Crippen molar-refractivity contribution in [2.75, 3.05) is 31.3 Å². The minimum atomic E-state index is -2.84. The minimum Gasteiger partial charge on any atom is -0.379 e. The monoisotopic (exact) mass is 276 g/mol. The largest absolute Gasteiger partial charge is 0.379 e. The Bertz CT molecular complexity index is 379. The van der Waals surface area contributed by atoms with Gasteiger partial charge in [-0.25, -0.2) is 8.42 Å². The van der Waals surface area contributed by atoms with Gasteiger partial charge in [0.05, 0.1) is 24.7 Å². The van der Waals surface area contributed by atoms with E-state index in [0.29, 0.717) is 24.3 Å². The van der Waals surface area contributed by atoms with Crippen LogP contribution in [0.25, 0.3) is 0 Å². The fourth-order valence-corrected chi connectivity index (χ4v) is 5.08. The molecule has 3 unspecified atom stereocenters. The van der Waals surface area contributed by atoms with E-state index in [9.17, 15) is 8.42 Å². The smallest absolute Gasteiger partial charge is 0.152 e. The molecule has 0 aromatic heterocycles. The van der Waals surface area contributed by atoms with Crippen LogP contribution in [-0.4, -0.2) is 57.3 Å². The molecule has 2 rings (SSSR count). The van der Waals surface area contributed by atoms with Crippen molar-refractivity contribution in [1.82, 2.24) is 10.6 Å². The predicted molar refractivity (Wildman–Crippen MR) is 71.5 cm³/mol. The van der Waals surface area contributed by atoms with Gasteiger partial charge in [-0.15, -0.1) is 0 Å². The first-order valence-electron chi connectivity index (χ1n) is 6.68. The molecule has 106 valence electrons. The summed E-state index contributed by atoms with van der Waals surface area (Å²) in [5.74, 6) is 0.576. The Kier molecular flexibility index (Phi) is 4.31. The lowest BCUT2D eigenvalue weighted by atomic mass is 9.98. The summed E-state index contributed by atoms with van der Waals surface area (Å²) in [7, 11) is -2.84. The highest BCUT2D eigenvalue weighted by molar-refractivity contribution is 7.91. The molecule has 0 aliphatic carbocycles. The van der Waals surface area contributed by atoms with Gasteiger partial charge in [0.25, 0.3) is 0 Å². The van der Waals surface area contributed by atoms with Crippen molar-refractivity contribution >= 4 is 9.84 Å². The van der Waals surface area contributed by atoms with Crippen molar-refractivity contribution in [2.45, 2.75) is 44.3 Å². The molecule has 0 amide bonds. The molecule has 2 saturated heterocycles. The maximum absolute atomic E-state index is 11.5. The van der Waals surface area contributed by atoms with Gasteiger partial charge in [0, 0.05) is 24.2 Å². The maximum atomic E-state index is 11.5. The molecule has 2 heterocycles. The second-order valence-electron chi connectivity index (χ2n) is 5.91. The summed E-state index contributed by atoms with van der Waals surface area (Å²) in [6.45, 7) is 6.57. The van der Waals surface area contributed by atoms with Crippen LogP contribution in [0.4, 0.5) is 0 Å². The number of hydrogen-bond acceptors (Lipinski definition) is 5. The second kappa shape index (κ2) is 5.45. The molecule has 5 nitrogen and oxygen atoms in total. The van der Waals surface area contributed by atoms with Crippen LogP contribution in [-0.2, 0) is 14.6 Å². The Morgan fingerprint density at radius 2 is 2.33 bits per heavy atom. The van der Waals surface area contributed by atoms with Gasteiger partial charge in [-0.05, 0) is 26.7 Å². The zero-order valence-corrected chi connectivity index (χ0v) is 12.1. The summed E-state index contributed by atoms with van der Waals surface area (Å²) in [6.07, 6.45) is 1.68. The SMILES string of the molecule is CC(CC1COCCN1)NC1(C)CCS(=O)(=O)C1. The molecule has 3 atom stereocenters. The van der Waals surface area contributed by atoms with Gasteiger partial charge in [0.15, 0.2) is 9.84 Å². The van der Waals surface area contributed by atoms with Crippen molar-refractivity contribution in [2.24, 2.45) is 0 Å². The average molecular weight is 276 g/mol. The highest BCUT2D eigenvalue weighted by Crippen LogP contribution is 2.24. The van der Waals surface area contributed by atoms with Crippen LogP contribution in [0.2, 0.25) is 0 Å². The molecule has 2 fully saturated rings. The summed E-state index contributed by atoms with van der Waals surface area (Å²) >= 11 is 0. The van der Waals surface area contributed by atoms with Crippen LogP contribution in [0.1, 0.15) is 26.7 Å². The van der Waals surface area contributed by atoms with Gasteiger partial charge < -0.3 is 15.4 Å². The van der Waals surface area contributed by atoms with E-state index >= 15 is 0 Å². The third-order valence-corrected chi connectivity index (χ3v) is 5.64. The van der Waals surface area contributed by atoms with Gasteiger partial charge in [-0.2, -0.15) is 0 Å². The molecular formula is C12H24N2O3S. The van der Waals surface area contributed by atoms with Gasteiger partial charge in [0.2, 0.25) is 0 Å². The highest BCUT2D eigenvalue weighted by atomic mass is 32.2. The Morgan fingerprint density at radius 3 is 2.89 bits per heavy atom. The first-order valence-corrected chi connectivity index (χ1v) is 8.50. The van der Waals surface area contributed by atoms with E-state index in [2.05, 4.69) is 17.6 Å². The van der Waals surface area contributed by atoms with Crippen molar-refractivity contribution in [3.8, 4) is 0 Å². The quantitative estimate of drug-likeness (QED) is 0.752. The van der Waals surface area contributed by atoms with Crippen LogP contribution in [0.3, 0.4) is 0 Å². The molecule has 2 aliphatic heterocycles. The van der Waals surface area contributed by atoms with Crippen LogP contribution >= 0.6 is 0 Å². The topological polar surface area (TPSA) is 67.4 Å². The van der Waals surface area contributed by atoms with Crippen LogP contribution in [0, 0.1) is 0 Å². The molecule has 0 bridgehead atoms. The van der Waals surface area contributed by atoms with Gasteiger partial charge in [0.1, 0.15) is 0 Å². The Morgan fingerprint density at radius 1 is 1.56 bits per heavy atom. The van der Waals surface area contributed by atoms with E-state index in [1.807, 2.05) is 6.92 Å². The predicted octanol–water partition coefficient (Wildman–Crippen LogP) is -0.0798. The van der Waals surface area contributed by atoms with E-state index in [-0.39, 0.29) is 11.3 Å². The fourth-order valence-electron chi connectivity index (χ4n) is 2.98. The number of rotatable bonds is 4. The zero-order chi connectivity index (χ0) is 13.2. The molecule has 18 heavy (non-hydrogen) atoms. The number of nitrogens with one attached hydrogen (secondary N) is 2. The third-order valence-electron chi connectivity index (χ3n) is 3.73. The first kappa shape index (κ1) is 14.2. The van der Waals surface area contributed by atoms with Crippen LogP contribution in [0.5, 0.6) is 0 Å². The summed E-state index contributed by atoms with van der Waals surface area (Å²) < 4.78 is 28.5. The molecule has 0 saturated carbocycles. The number of hydrogen-bond donors (Lipinski definition) is 2. The minimum absolute atomic E-state index is 0.256. The van der Waals surface area contributed by atoms with E-state index < -0.39 is 9.84 Å². The van der Waals surface area contributed by atoms with Crippen molar-refractivity contribution in [3.63, 3.8) is 0 Å². The van der Waals surface area contributed by atoms with Crippen molar-refractivity contribution in [1.29, 1.82) is 0 Å². The van der Waals surface area contributed by atoms with Crippen molar-refractivity contribution < 1.29 is 13.2 Å². The normalized spacial score (nSPS) is 37.6. The number of morpholine rings is 1. The Labute approximate surface area is 110 Å². The maximum Gasteiger partial charge on any atom is 0.152 e. The molecule has 0 aromatic rings. The van der Waals surface area contributed by atoms with Gasteiger partial charge in [-0.1, -0.05) is 0 Å². The van der Waals surface area contributed by atoms with Crippen LogP contribution < -0.4 is 10.6 Å². The van der Waals surface area contributed by atoms with Gasteiger partial charge >= 0.3 is 0 Å². The molecule has 2 N–H and O–H groups in total. The fraction of sp³-hybridized carbons (Fsp3) is 1.00. The average Bonchev–Trinajstić information content (AvgIpc) is 2.53. The zero-order valence-electron chi connectivity index (χ0n) is 11.2.